The van der Waals surface area contributed by atoms with Gasteiger partial charge in [0.15, 0.2) is 11.6 Å². The fourth-order valence-electron chi connectivity index (χ4n) is 3.03. The molecule has 0 bridgehead atoms. The van der Waals surface area contributed by atoms with Crippen LogP contribution >= 0.6 is 11.6 Å². The number of hydrogen-bond donors (Lipinski definition) is 1. The number of para-hydroxylation sites is 1. The van der Waals surface area contributed by atoms with Crippen LogP contribution in [-0.2, 0) is 6.54 Å². The Bertz CT molecular complexity index is 1190. The average molecular weight is 456 g/mol. The van der Waals surface area contributed by atoms with E-state index in [4.69, 9.17) is 21.1 Å². The van der Waals surface area contributed by atoms with Crippen molar-refractivity contribution in [1.82, 2.24) is 30.2 Å². The molecule has 0 amide bonds. The molecule has 1 atom stereocenters. The van der Waals surface area contributed by atoms with Gasteiger partial charge >= 0.3 is 0 Å². The summed E-state index contributed by atoms with van der Waals surface area (Å²) >= 11 is 6.31. The minimum Gasteiger partial charge on any atom is -0.492 e. The minimum absolute atomic E-state index is 0.0930. The molecule has 32 heavy (non-hydrogen) atoms. The van der Waals surface area contributed by atoms with Gasteiger partial charge in [-0.05, 0) is 47.2 Å². The summed E-state index contributed by atoms with van der Waals surface area (Å²) in [6.45, 7) is 2.37. The molecule has 0 aliphatic heterocycles. The summed E-state index contributed by atoms with van der Waals surface area (Å²) in [4.78, 5) is 8.64. The van der Waals surface area contributed by atoms with E-state index in [9.17, 15) is 4.39 Å². The normalized spacial score (nSPS) is 11.8. The second-order valence-electron chi connectivity index (χ2n) is 6.85. The second kappa shape index (κ2) is 9.56. The molecule has 2 aromatic carbocycles. The highest BCUT2D eigenvalue weighted by Crippen LogP contribution is 2.32. The molecule has 164 valence electrons. The van der Waals surface area contributed by atoms with E-state index in [1.54, 1.807) is 35.3 Å². The Morgan fingerprint density at radius 3 is 2.69 bits per heavy atom. The molecule has 0 radical (unpaired) electrons. The van der Waals surface area contributed by atoms with Crippen LogP contribution in [0.4, 0.5) is 16.0 Å². The van der Waals surface area contributed by atoms with Crippen molar-refractivity contribution in [3.63, 3.8) is 0 Å². The monoisotopic (exact) mass is 455 g/mol. The number of ether oxygens (including phenoxy) is 2. The third-order valence-corrected chi connectivity index (χ3v) is 4.81. The van der Waals surface area contributed by atoms with Gasteiger partial charge in [-0.1, -0.05) is 23.7 Å². The molecule has 0 unspecified atom stereocenters. The van der Waals surface area contributed by atoms with Crippen LogP contribution < -0.4 is 14.8 Å². The molecule has 11 heteroatoms. The van der Waals surface area contributed by atoms with Gasteiger partial charge in [0.25, 0.3) is 0 Å². The largest absolute Gasteiger partial charge is 0.492 e. The van der Waals surface area contributed by atoms with Crippen LogP contribution in [-0.4, -0.2) is 43.4 Å². The van der Waals surface area contributed by atoms with Crippen molar-refractivity contribution >= 4 is 23.2 Å². The molecular weight excluding hydrogens is 437 g/mol. The molecule has 1 N–H and O–H groups in total. The van der Waals surface area contributed by atoms with E-state index in [0.29, 0.717) is 29.0 Å². The number of aromatic nitrogens is 6. The molecule has 4 aromatic rings. The van der Waals surface area contributed by atoms with Crippen LogP contribution in [0.3, 0.4) is 0 Å². The SMILES string of the molecule is COc1c(F)cccc1Nc1ncc(-c2ccc(Cl)c(O[C@@H](C)Cn3cnnn3)c2)cn1. The molecule has 0 saturated heterocycles. The van der Waals surface area contributed by atoms with E-state index in [2.05, 4.69) is 30.8 Å². The Kier molecular flexibility index (Phi) is 6.41. The van der Waals surface area contributed by atoms with E-state index < -0.39 is 5.82 Å². The lowest BCUT2D eigenvalue weighted by atomic mass is 10.1. The Hall–Kier alpha value is -3.79. The van der Waals surface area contributed by atoms with Crippen LogP contribution in [0, 0.1) is 5.82 Å². The predicted octanol–water partition coefficient (Wildman–Crippen LogP) is 4.14. The summed E-state index contributed by atoms with van der Waals surface area (Å²) in [5.74, 6) is 0.446. The zero-order chi connectivity index (χ0) is 22.5. The first-order valence-electron chi connectivity index (χ1n) is 9.62. The fraction of sp³-hybridized carbons (Fsp3) is 0.190. The van der Waals surface area contributed by atoms with Gasteiger partial charge in [0.2, 0.25) is 5.95 Å². The smallest absolute Gasteiger partial charge is 0.227 e. The summed E-state index contributed by atoms with van der Waals surface area (Å²) < 4.78 is 26.5. The summed E-state index contributed by atoms with van der Waals surface area (Å²) in [6, 6.07) is 9.99. The number of nitrogens with zero attached hydrogens (tertiary/aromatic N) is 6. The highest BCUT2D eigenvalue weighted by Gasteiger charge is 2.13. The van der Waals surface area contributed by atoms with Gasteiger partial charge in [0.05, 0.1) is 24.4 Å². The van der Waals surface area contributed by atoms with E-state index in [0.717, 1.165) is 11.1 Å². The lowest BCUT2D eigenvalue weighted by Crippen LogP contribution is -2.20. The van der Waals surface area contributed by atoms with E-state index in [1.807, 2.05) is 19.1 Å². The van der Waals surface area contributed by atoms with Crippen LogP contribution in [0.2, 0.25) is 5.02 Å². The number of anilines is 2. The van der Waals surface area contributed by atoms with Crippen molar-refractivity contribution in [3.8, 4) is 22.6 Å². The molecule has 9 nitrogen and oxygen atoms in total. The fourth-order valence-corrected chi connectivity index (χ4v) is 3.19. The van der Waals surface area contributed by atoms with Gasteiger partial charge in [0, 0.05) is 18.0 Å². The van der Waals surface area contributed by atoms with Crippen molar-refractivity contribution in [2.45, 2.75) is 19.6 Å². The van der Waals surface area contributed by atoms with Gasteiger partial charge in [-0.15, -0.1) is 5.10 Å². The van der Waals surface area contributed by atoms with E-state index in [1.165, 1.54) is 19.5 Å². The first kappa shape index (κ1) is 21.4. The lowest BCUT2D eigenvalue weighted by molar-refractivity contribution is 0.193. The van der Waals surface area contributed by atoms with Crippen molar-refractivity contribution < 1.29 is 13.9 Å². The lowest BCUT2D eigenvalue weighted by Gasteiger charge is -2.16. The van der Waals surface area contributed by atoms with Crippen molar-refractivity contribution in [3.05, 3.63) is 66.0 Å². The zero-order valence-corrected chi connectivity index (χ0v) is 18.0. The molecule has 0 aliphatic carbocycles. The minimum atomic E-state index is -0.475. The maximum Gasteiger partial charge on any atom is 0.227 e. The Morgan fingerprint density at radius 2 is 1.97 bits per heavy atom. The number of tetrazole rings is 1. The maximum absolute atomic E-state index is 13.9. The topological polar surface area (TPSA) is 99.9 Å². The molecule has 0 spiro atoms. The standard InChI is InChI=1S/C21H19ClFN7O2/c1-13(11-30-12-26-28-29-30)32-19-8-14(6-7-16(19)22)15-9-24-21(25-10-15)27-18-5-3-4-17(23)20(18)31-2/h3-10,12-13H,11H2,1-2H3,(H,24,25,27)/t13-/m0/s1. The predicted molar refractivity (Wildman–Crippen MR) is 117 cm³/mol. The van der Waals surface area contributed by atoms with E-state index in [-0.39, 0.29) is 11.9 Å². The van der Waals surface area contributed by atoms with Crippen LogP contribution in [0.1, 0.15) is 6.92 Å². The number of nitrogens with one attached hydrogen (secondary N) is 1. The van der Waals surface area contributed by atoms with Crippen LogP contribution in [0.25, 0.3) is 11.1 Å². The van der Waals surface area contributed by atoms with E-state index >= 15 is 0 Å². The Morgan fingerprint density at radius 1 is 1.16 bits per heavy atom. The molecule has 4 rings (SSSR count). The second-order valence-corrected chi connectivity index (χ2v) is 7.25. The number of rotatable bonds is 8. The molecular formula is C21H19ClFN7O2. The van der Waals surface area contributed by atoms with Crippen molar-refractivity contribution in [1.29, 1.82) is 0 Å². The van der Waals surface area contributed by atoms with Gasteiger partial charge < -0.3 is 14.8 Å². The average Bonchev–Trinajstić information content (AvgIpc) is 3.29. The first-order chi connectivity index (χ1) is 15.5. The number of methoxy groups -OCH3 is 1. The van der Waals surface area contributed by atoms with Gasteiger partial charge in [-0.3, -0.25) is 0 Å². The Labute approximate surface area is 188 Å². The van der Waals surface area contributed by atoms with Gasteiger partial charge in [-0.25, -0.2) is 19.0 Å². The number of halogens is 2. The summed E-state index contributed by atoms with van der Waals surface area (Å²) in [6.07, 6.45) is 4.61. The molecule has 2 heterocycles. The summed E-state index contributed by atoms with van der Waals surface area (Å²) in [5.41, 5.74) is 2.02. The number of hydrogen-bond acceptors (Lipinski definition) is 8. The van der Waals surface area contributed by atoms with Gasteiger partial charge in [-0.2, -0.15) is 0 Å². The Balaban J connectivity index is 1.49. The highest BCUT2D eigenvalue weighted by molar-refractivity contribution is 6.32. The first-order valence-corrected chi connectivity index (χ1v) is 10.00. The molecule has 0 aliphatic rings. The number of benzene rings is 2. The quantitative estimate of drug-likeness (QED) is 0.423. The molecule has 0 fully saturated rings. The third-order valence-electron chi connectivity index (χ3n) is 4.50. The third kappa shape index (κ3) is 4.92. The zero-order valence-electron chi connectivity index (χ0n) is 17.2. The maximum atomic E-state index is 13.9. The van der Waals surface area contributed by atoms with Crippen molar-refractivity contribution in [2.75, 3.05) is 12.4 Å². The summed E-state index contributed by atoms with van der Waals surface area (Å²) in [5, 5.41) is 14.5. The molecule has 2 aromatic heterocycles. The van der Waals surface area contributed by atoms with Gasteiger partial charge in [0.1, 0.15) is 18.2 Å². The highest BCUT2D eigenvalue weighted by atomic mass is 35.5. The summed E-state index contributed by atoms with van der Waals surface area (Å²) in [7, 11) is 1.40. The van der Waals surface area contributed by atoms with Crippen molar-refractivity contribution in [2.24, 2.45) is 0 Å². The van der Waals surface area contributed by atoms with Crippen LogP contribution in [0.15, 0.2) is 55.1 Å². The van der Waals surface area contributed by atoms with Crippen LogP contribution in [0.5, 0.6) is 11.5 Å². The molecule has 0 saturated carbocycles.